The summed E-state index contributed by atoms with van der Waals surface area (Å²) in [5, 5.41) is 9.85. The number of carbonyl (C=O) groups excluding carboxylic acids is 2. The molecule has 30 heavy (non-hydrogen) atoms. The summed E-state index contributed by atoms with van der Waals surface area (Å²) in [4.78, 5) is 22.8. The van der Waals surface area contributed by atoms with E-state index in [0.29, 0.717) is 0 Å². The van der Waals surface area contributed by atoms with E-state index in [4.69, 9.17) is 30.5 Å². The fraction of sp³-hybridized carbons (Fsp3) is 0.524. The van der Waals surface area contributed by atoms with Crippen LogP contribution in [-0.2, 0) is 28.5 Å². The molecule has 9 heteroatoms. The third-order valence-corrected chi connectivity index (χ3v) is 4.58. The third-order valence-electron chi connectivity index (χ3n) is 4.29. The van der Waals surface area contributed by atoms with Gasteiger partial charge in [0.2, 0.25) is 0 Å². The summed E-state index contributed by atoms with van der Waals surface area (Å²) < 4.78 is 26.7. The molecule has 166 valence electrons. The molecule has 0 radical (unpaired) electrons. The Morgan fingerprint density at radius 1 is 1.37 bits per heavy atom. The van der Waals surface area contributed by atoms with Crippen LogP contribution in [-0.4, -0.2) is 55.2 Å². The maximum atomic E-state index is 11.9. The Balaban J connectivity index is 1.82. The van der Waals surface area contributed by atoms with Crippen molar-refractivity contribution < 1.29 is 38.4 Å². The fourth-order valence-electron chi connectivity index (χ4n) is 2.78. The number of aliphatic hydroxyl groups excluding tert-OH is 1. The molecule has 0 spiro atoms. The monoisotopic (exact) mass is 442 g/mol. The number of carbonyl (C=O) groups is 2. The summed E-state index contributed by atoms with van der Waals surface area (Å²) in [5.41, 5.74) is 0.734. The van der Waals surface area contributed by atoms with Gasteiger partial charge in [-0.25, -0.2) is 9.59 Å². The van der Waals surface area contributed by atoms with Gasteiger partial charge in [-0.2, -0.15) is 0 Å². The molecule has 0 bridgehead atoms. The molecule has 1 aliphatic rings. The molecule has 4 unspecified atom stereocenters. The Morgan fingerprint density at radius 2 is 2.13 bits per heavy atom. The van der Waals surface area contributed by atoms with E-state index < -0.39 is 30.9 Å². The highest BCUT2D eigenvalue weighted by atomic mass is 35.5. The van der Waals surface area contributed by atoms with Crippen LogP contribution in [0.25, 0.3) is 0 Å². The van der Waals surface area contributed by atoms with Crippen LogP contribution >= 0.6 is 11.6 Å². The van der Waals surface area contributed by atoms with Gasteiger partial charge in [0.05, 0.1) is 23.8 Å². The summed E-state index contributed by atoms with van der Waals surface area (Å²) in [5.74, 6) is -1.18. The molecule has 0 amide bonds. The average Bonchev–Trinajstić information content (AvgIpc) is 2.72. The molecule has 1 heterocycles. The minimum Gasteiger partial charge on any atom is -0.460 e. The van der Waals surface area contributed by atoms with Crippen molar-refractivity contribution in [1.82, 2.24) is 0 Å². The van der Waals surface area contributed by atoms with Crippen molar-refractivity contribution in [3.63, 3.8) is 0 Å². The molecular formula is C21H27ClO8. The first-order chi connectivity index (χ1) is 14.3. The van der Waals surface area contributed by atoms with Crippen LogP contribution in [0.1, 0.15) is 38.5 Å². The van der Waals surface area contributed by atoms with Crippen molar-refractivity contribution in [1.29, 1.82) is 0 Å². The molecule has 1 fully saturated rings. The normalized spacial score (nSPS) is 22.2. The minimum absolute atomic E-state index is 0.0674. The highest BCUT2D eigenvalue weighted by Gasteiger charge is 2.28. The lowest BCUT2D eigenvalue weighted by Gasteiger charge is -2.34. The summed E-state index contributed by atoms with van der Waals surface area (Å²) >= 11 is 6.24. The van der Waals surface area contributed by atoms with Gasteiger partial charge >= 0.3 is 11.9 Å². The van der Waals surface area contributed by atoms with Crippen molar-refractivity contribution in [2.24, 2.45) is 0 Å². The van der Waals surface area contributed by atoms with E-state index in [2.05, 4.69) is 18.2 Å². The second kappa shape index (κ2) is 12.0. The summed E-state index contributed by atoms with van der Waals surface area (Å²) in [6.07, 6.45) is 1.28. The molecule has 0 aliphatic carbocycles. The van der Waals surface area contributed by atoms with Crippen molar-refractivity contribution >= 4 is 23.5 Å². The van der Waals surface area contributed by atoms with E-state index >= 15 is 0 Å². The molecule has 0 aromatic heterocycles. The highest BCUT2D eigenvalue weighted by Crippen LogP contribution is 2.34. The van der Waals surface area contributed by atoms with Gasteiger partial charge in [-0.3, -0.25) is 0 Å². The van der Waals surface area contributed by atoms with E-state index in [1.165, 1.54) is 0 Å². The molecule has 1 N–H and O–H groups in total. The molecule has 4 atom stereocenters. The SMILES string of the molecule is C=CC(=O)OCC(O)COCC(=O)Oc1ccc(C2OC(C)CC(CC)O2)cc1Cl. The van der Waals surface area contributed by atoms with Crippen LogP contribution in [0, 0.1) is 0 Å². The highest BCUT2D eigenvalue weighted by molar-refractivity contribution is 6.32. The van der Waals surface area contributed by atoms with Crippen molar-refractivity contribution in [2.45, 2.75) is 51.3 Å². The maximum Gasteiger partial charge on any atom is 0.337 e. The van der Waals surface area contributed by atoms with Crippen LogP contribution in [0.3, 0.4) is 0 Å². The Labute approximate surface area is 180 Å². The zero-order chi connectivity index (χ0) is 22.1. The van der Waals surface area contributed by atoms with Crippen LogP contribution in [0.4, 0.5) is 0 Å². The summed E-state index contributed by atoms with van der Waals surface area (Å²) in [6, 6.07) is 4.92. The van der Waals surface area contributed by atoms with Gasteiger partial charge in [0.25, 0.3) is 0 Å². The van der Waals surface area contributed by atoms with Crippen LogP contribution < -0.4 is 4.74 Å². The van der Waals surface area contributed by atoms with Gasteiger partial charge in [0, 0.05) is 11.6 Å². The Bertz CT molecular complexity index is 738. The van der Waals surface area contributed by atoms with Gasteiger partial charge in [-0.15, -0.1) is 0 Å². The number of ether oxygens (including phenoxy) is 5. The molecule has 1 saturated heterocycles. The standard InChI is InChI=1S/C21H27ClO8/c1-4-16-8-13(3)28-21(29-16)14-6-7-18(17(22)9-14)30-20(25)12-26-10-15(23)11-27-19(24)5-2/h5-7,9,13,15-16,21,23H,2,4,8,10-12H2,1,3H3. The summed E-state index contributed by atoms with van der Waals surface area (Å²) in [6.45, 7) is 6.41. The molecule has 0 saturated carbocycles. The lowest BCUT2D eigenvalue weighted by Crippen LogP contribution is -2.31. The van der Waals surface area contributed by atoms with Crippen molar-refractivity contribution in [2.75, 3.05) is 19.8 Å². The number of aliphatic hydroxyl groups is 1. The topological polar surface area (TPSA) is 101 Å². The van der Waals surface area contributed by atoms with E-state index in [-0.39, 0.29) is 36.2 Å². The van der Waals surface area contributed by atoms with Gasteiger partial charge in [-0.05, 0) is 31.9 Å². The molecule has 1 aromatic carbocycles. The van der Waals surface area contributed by atoms with Gasteiger partial charge in [0.1, 0.15) is 25.1 Å². The van der Waals surface area contributed by atoms with Gasteiger partial charge in [-0.1, -0.05) is 31.2 Å². The number of hydrogen-bond acceptors (Lipinski definition) is 8. The number of hydrogen-bond donors (Lipinski definition) is 1. The third kappa shape index (κ3) is 7.70. The first-order valence-corrected chi connectivity index (χ1v) is 10.1. The lowest BCUT2D eigenvalue weighted by molar-refractivity contribution is -0.243. The molecule has 1 aromatic rings. The molecule has 1 aliphatic heterocycles. The van der Waals surface area contributed by atoms with E-state index in [0.717, 1.165) is 24.5 Å². The van der Waals surface area contributed by atoms with E-state index in [1.807, 2.05) is 6.92 Å². The van der Waals surface area contributed by atoms with Crippen molar-refractivity contribution in [3.05, 3.63) is 41.4 Å². The van der Waals surface area contributed by atoms with E-state index in [9.17, 15) is 14.7 Å². The zero-order valence-electron chi connectivity index (χ0n) is 17.0. The zero-order valence-corrected chi connectivity index (χ0v) is 17.8. The number of esters is 2. The molecule has 8 nitrogen and oxygen atoms in total. The number of rotatable bonds is 10. The Kier molecular flexibility index (Phi) is 9.74. The largest absolute Gasteiger partial charge is 0.460 e. The van der Waals surface area contributed by atoms with Crippen LogP contribution in [0.2, 0.25) is 5.02 Å². The molecule has 2 rings (SSSR count). The summed E-state index contributed by atoms with van der Waals surface area (Å²) in [7, 11) is 0. The van der Waals surface area contributed by atoms with E-state index in [1.54, 1.807) is 18.2 Å². The molecular weight excluding hydrogens is 416 g/mol. The van der Waals surface area contributed by atoms with Crippen LogP contribution in [0.5, 0.6) is 5.75 Å². The second-order valence-electron chi connectivity index (χ2n) is 6.85. The first-order valence-electron chi connectivity index (χ1n) is 9.68. The Hall–Kier alpha value is -1.97. The second-order valence-corrected chi connectivity index (χ2v) is 7.25. The van der Waals surface area contributed by atoms with Crippen LogP contribution in [0.15, 0.2) is 30.9 Å². The number of halogens is 1. The van der Waals surface area contributed by atoms with Gasteiger partial charge < -0.3 is 28.8 Å². The van der Waals surface area contributed by atoms with Gasteiger partial charge in [0.15, 0.2) is 6.29 Å². The predicted octanol–water partition coefficient (Wildman–Crippen LogP) is 2.95. The average molecular weight is 443 g/mol. The lowest BCUT2D eigenvalue weighted by atomic mass is 10.1. The Morgan fingerprint density at radius 3 is 2.80 bits per heavy atom. The predicted molar refractivity (Wildman–Crippen MR) is 108 cm³/mol. The van der Waals surface area contributed by atoms with Crippen molar-refractivity contribution in [3.8, 4) is 5.75 Å². The number of benzene rings is 1. The fourth-order valence-corrected chi connectivity index (χ4v) is 3.01. The maximum absolute atomic E-state index is 11.9. The quantitative estimate of drug-likeness (QED) is 0.335. The minimum atomic E-state index is -1.07. The smallest absolute Gasteiger partial charge is 0.337 e. The first kappa shape index (κ1) is 24.3.